The molecule has 2 aromatic heterocycles. The summed E-state index contributed by atoms with van der Waals surface area (Å²) in [5.41, 5.74) is 1.17. The fourth-order valence-corrected chi connectivity index (χ4v) is 2.16. The molecule has 0 radical (unpaired) electrons. The third-order valence-corrected chi connectivity index (χ3v) is 3.47. The predicted molar refractivity (Wildman–Crippen MR) is 83.1 cm³/mol. The second kappa shape index (κ2) is 6.39. The molecular formula is C17H16N2O4. The van der Waals surface area contributed by atoms with Gasteiger partial charge in [0.1, 0.15) is 5.75 Å². The van der Waals surface area contributed by atoms with Gasteiger partial charge in [-0.2, -0.15) is 0 Å². The Morgan fingerprint density at radius 1 is 1.22 bits per heavy atom. The molecule has 23 heavy (non-hydrogen) atoms. The zero-order chi connectivity index (χ0) is 16.2. The molecule has 2 heterocycles. The van der Waals surface area contributed by atoms with Crippen LogP contribution in [-0.2, 0) is 0 Å². The van der Waals surface area contributed by atoms with Crippen LogP contribution in [0.15, 0.2) is 57.7 Å². The molecule has 0 aliphatic rings. The van der Waals surface area contributed by atoms with Crippen LogP contribution in [0.3, 0.4) is 0 Å². The number of nitrogens with one attached hydrogen (secondary N) is 1. The van der Waals surface area contributed by atoms with Crippen LogP contribution in [0, 0.1) is 0 Å². The van der Waals surface area contributed by atoms with Gasteiger partial charge in [0, 0.05) is 6.07 Å². The quantitative estimate of drug-likeness (QED) is 0.781. The van der Waals surface area contributed by atoms with Gasteiger partial charge < -0.3 is 19.0 Å². The molecule has 1 aromatic carbocycles. The molecule has 0 aliphatic heterocycles. The lowest BCUT2D eigenvalue weighted by Crippen LogP contribution is -2.26. The Morgan fingerprint density at radius 3 is 2.65 bits per heavy atom. The van der Waals surface area contributed by atoms with Crippen LogP contribution < -0.4 is 10.1 Å². The van der Waals surface area contributed by atoms with Crippen LogP contribution >= 0.6 is 0 Å². The summed E-state index contributed by atoms with van der Waals surface area (Å²) in [6, 6.07) is 12.4. The van der Waals surface area contributed by atoms with Crippen LogP contribution in [0.1, 0.15) is 29.0 Å². The van der Waals surface area contributed by atoms with E-state index in [2.05, 4.69) is 10.5 Å². The first-order chi connectivity index (χ1) is 11.2. The van der Waals surface area contributed by atoms with E-state index in [-0.39, 0.29) is 17.6 Å². The number of hydrogen-bond acceptors (Lipinski definition) is 5. The maximum atomic E-state index is 12.2. The molecule has 118 valence electrons. The van der Waals surface area contributed by atoms with Crippen molar-refractivity contribution in [3.05, 3.63) is 60.0 Å². The van der Waals surface area contributed by atoms with Crippen molar-refractivity contribution in [2.24, 2.45) is 0 Å². The molecule has 1 N–H and O–H groups in total. The molecule has 1 atom stereocenters. The maximum absolute atomic E-state index is 12.2. The van der Waals surface area contributed by atoms with Crippen LogP contribution in [0.5, 0.6) is 5.75 Å². The molecule has 6 heteroatoms. The summed E-state index contributed by atoms with van der Waals surface area (Å²) < 4.78 is 15.5. The fourth-order valence-electron chi connectivity index (χ4n) is 2.16. The lowest BCUT2D eigenvalue weighted by atomic mass is 10.1. The zero-order valence-corrected chi connectivity index (χ0v) is 12.8. The van der Waals surface area contributed by atoms with E-state index in [1.165, 1.54) is 6.26 Å². The summed E-state index contributed by atoms with van der Waals surface area (Å²) >= 11 is 0. The van der Waals surface area contributed by atoms with E-state index in [0.29, 0.717) is 11.5 Å². The third-order valence-electron chi connectivity index (χ3n) is 3.47. The van der Waals surface area contributed by atoms with Crippen molar-refractivity contribution >= 4 is 5.91 Å². The number of hydrogen-bond donors (Lipinski definition) is 1. The van der Waals surface area contributed by atoms with Gasteiger partial charge in [0.05, 0.1) is 19.4 Å². The first kappa shape index (κ1) is 14.9. The molecule has 0 spiro atoms. The molecule has 0 unspecified atom stereocenters. The highest BCUT2D eigenvalue weighted by Gasteiger charge is 2.17. The molecule has 3 aromatic rings. The van der Waals surface area contributed by atoms with E-state index in [9.17, 15) is 4.79 Å². The molecule has 0 fully saturated rings. The van der Waals surface area contributed by atoms with Crippen molar-refractivity contribution in [2.45, 2.75) is 13.0 Å². The summed E-state index contributed by atoms with van der Waals surface area (Å²) in [6.07, 6.45) is 1.53. The molecule has 0 bridgehead atoms. The minimum absolute atomic E-state index is 0.169. The average Bonchev–Trinajstić information content (AvgIpc) is 3.25. The van der Waals surface area contributed by atoms with Crippen LogP contribution in [0.2, 0.25) is 0 Å². The number of methoxy groups -OCH3 is 1. The number of aromatic nitrogens is 1. The monoisotopic (exact) mass is 312 g/mol. The Morgan fingerprint density at radius 2 is 2.00 bits per heavy atom. The largest absolute Gasteiger partial charge is 0.497 e. The average molecular weight is 312 g/mol. The minimum atomic E-state index is -0.310. The van der Waals surface area contributed by atoms with Crippen molar-refractivity contribution in [1.82, 2.24) is 10.5 Å². The molecule has 6 nitrogen and oxygen atoms in total. The second-order valence-electron chi connectivity index (χ2n) is 5.02. The van der Waals surface area contributed by atoms with Crippen LogP contribution in [0.25, 0.3) is 11.5 Å². The van der Waals surface area contributed by atoms with E-state index in [1.54, 1.807) is 25.3 Å². The van der Waals surface area contributed by atoms with Gasteiger partial charge >= 0.3 is 0 Å². The number of carbonyl (C=O) groups excluding carboxylic acids is 1. The molecule has 0 saturated heterocycles. The summed E-state index contributed by atoms with van der Waals surface area (Å²) in [5, 5.41) is 6.65. The molecule has 0 aliphatic carbocycles. The van der Waals surface area contributed by atoms with Crippen molar-refractivity contribution in [2.75, 3.05) is 7.11 Å². The Labute approximate surface area is 133 Å². The Kier molecular flexibility index (Phi) is 4.14. The molecule has 3 rings (SSSR count). The number of furan rings is 1. The van der Waals surface area contributed by atoms with Crippen LogP contribution in [0.4, 0.5) is 0 Å². The highest BCUT2D eigenvalue weighted by atomic mass is 16.5. The number of ether oxygens (including phenoxy) is 1. The van der Waals surface area contributed by atoms with E-state index >= 15 is 0 Å². The van der Waals surface area contributed by atoms with Gasteiger partial charge in [-0.25, -0.2) is 0 Å². The number of nitrogens with zero attached hydrogens (tertiary/aromatic N) is 1. The third kappa shape index (κ3) is 3.26. The lowest BCUT2D eigenvalue weighted by molar-refractivity contribution is 0.0931. The summed E-state index contributed by atoms with van der Waals surface area (Å²) in [7, 11) is 1.61. The van der Waals surface area contributed by atoms with Crippen molar-refractivity contribution in [1.29, 1.82) is 0 Å². The van der Waals surface area contributed by atoms with Gasteiger partial charge in [-0.1, -0.05) is 17.3 Å². The van der Waals surface area contributed by atoms with Gasteiger partial charge in [-0.3, -0.25) is 4.79 Å². The first-order valence-corrected chi connectivity index (χ1v) is 7.13. The van der Waals surface area contributed by atoms with Gasteiger partial charge in [-0.05, 0) is 36.8 Å². The number of amides is 1. The van der Waals surface area contributed by atoms with Gasteiger partial charge in [0.25, 0.3) is 5.91 Å². The van der Waals surface area contributed by atoms with E-state index in [1.807, 2.05) is 31.2 Å². The summed E-state index contributed by atoms with van der Waals surface area (Å²) in [5.74, 6) is 1.40. The standard InChI is InChI=1S/C17H16N2O4/c1-11(12-5-7-13(21-2)8-6-12)18-17(20)14-10-16(23-19-14)15-4-3-9-22-15/h3-11H,1-2H3,(H,18,20)/t11-/m1/s1. The van der Waals surface area contributed by atoms with E-state index in [0.717, 1.165) is 11.3 Å². The number of rotatable bonds is 5. The van der Waals surface area contributed by atoms with E-state index < -0.39 is 0 Å². The molecule has 1 amide bonds. The maximum Gasteiger partial charge on any atom is 0.273 e. The minimum Gasteiger partial charge on any atom is -0.497 e. The van der Waals surface area contributed by atoms with E-state index in [4.69, 9.17) is 13.7 Å². The molecular weight excluding hydrogens is 296 g/mol. The summed E-state index contributed by atoms with van der Waals surface area (Å²) in [6.45, 7) is 1.90. The summed E-state index contributed by atoms with van der Waals surface area (Å²) in [4.78, 5) is 12.2. The highest BCUT2D eigenvalue weighted by Crippen LogP contribution is 2.21. The number of benzene rings is 1. The molecule has 0 saturated carbocycles. The van der Waals surface area contributed by atoms with Crippen LogP contribution in [-0.4, -0.2) is 18.2 Å². The Hall–Kier alpha value is -3.02. The van der Waals surface area contributed by atoms with Crippen molar-refractivity contribution in [3.8, 4) is 17.3 Å². The van der Waals surface area contributed by atoms with Gasteiger partial charge in [0.15, 0.2) is 11.5 Å². The lowest BCUT2D eigenvalue weighted by Gasteiger charge is -2.13. The van der Waals surface area contributed by atoms with Gasteiger partial charge in [-0.15, -0.1) is 0 Å². The zero-order valence-electron chi connectivity index (χ0n) is 12.8. The smallest absolute Gasteiger partial charge is 0.273 e. The van der Waals surface area contributed by atoms with Crippen molar-refractivity contribution < 1.29 is 18.5 Å². The fraction of sp³-hybridized carbons (Fsp3) is 0.176. The van der Waals surface area contributed by atoms with Crippen molar-refractivity contribution in [3.63, 3.8) is 0 Å². The predicted octanol–water partition coefficient (Wildman–Crippen LogP) is 3.43. The SMILES string of the molecule is COc1ccc([C@@H](C)NC(=O)c2cc(-c3ccco3)on2)cc1. The topological polar surface area (TPSA) is 77.5 Å². The normalized spacial score (nSPS) is 11.9. The Bertz CT molecular complexity index is 775. The first-order valence-electron chi connectivity index (χ1n) is 7.13. The number of carbonyl (C=O) groups is 1. The highest BCUT2D eigenvalue weighted by molar-refractivity contribution is 5.93. The second-order valence-corrected chi connectivity index (χ2v) is 5.02. The Balaban J connectivity index is 1.68. The van der Waals surface area contributed by atoms with Gasteiger partial charge in [0.2, 0.25) is 5.76 Å².